The fourth-order valence-corrected chi connectivity index (χ4v) is 3.17. The van der Waals surface area contributed by atoms with Crippen LogP contribution in [0, 0.1) is 0 Å². The third kappa shape index (κ3) is 1.30. The first-order chi connectivity index (χ1) is 7.42. The van der Waals surface area contributed by atoms with E-state index in [0.717, 1.165) is 5.75 Å². The zero-order valence-electron chi connectivity index (χ0n) is 8.61. The third-order valence-electron chi connectivity index (χ3n) is 3.44. The van der Waals surface area contributed by atoms with Crippen molar-refractivity contribution in [2.45, 2.75) is 18.8 Å². The van der Waals surface area contributed by atoms with Gasteiger partial charge in [0.25, 0.3) is 0 Å². The first-order valence-corrected chi connectivity index (χ1v) is 6.15. The van der Waals surface area contributed by atoms with Crippen molar-refractivity contribution in [2.24, 2.45) is 0 Å². The summed E-state index contributed by atoms with van der Waals surface area (Å²) in [6.07, 6.45) is 6.99. The summed E-state index contributed by atoms with van der Waals surface area (Å²) in [5, 5.41) is 0. The Morgan fingerprint density at radius 2 is 2.13 bits per heavy atom. The van der Waals surface area contributed by atoms with Crippen LogP contribution in [0.1, 0.15) is 29.9 Å². The van der Waals surface area contributed by atoms with Crippen LogP contribution in [0.4, 0.5) is 0 Å². The fourth-order valence-electron chi connectivity index (χ4n) is 2.75. The van der Waals surface area contributed by atoms with Crippen molar-refractivity contribution < 1.29 is 0 Å². The fraction of sp³-hybridized carbons (Fsp3) is 0.286. The van der Waals surface area contributed by atoms with Crippen LogP contribution in [0.2, 0.25) is 0 Å². The zero-order valence-corrected chi connectivity index (χ0v) is 9.50. The van der Waals surface area contributed by atoms with Crippen molar-refractivity contribution in [3.8, 4) is 0 Å². The molecule has 3 rings (SSSR count). The van der Waals surface area contributed by atoms with Crippen molar-refractivity contribution in [3.63, 3.8) is 0 Å². The minimum absolute atomic E-state index is 0.560. The highest BCUT2D eigenvalue weighted by atomic mass is 32.1. The van der Waals surface area contributed by atoms with Crippen LogP contribution in [0.3, 0.4) is 0 Å². The normalized spacial score (nSPS) is 22.9. The number of hydrogen-bond donors (Lipinski definition) is 1. The SMILES string of the molecule is SCC1C2=C(C=CCC2)c2ccccc21. The van der Waals surface area contributed by atoms with Crippen LogP contribution >= 0.6 is 12.6 Å². The Kier molecular flexibility index (Phi) is 2.21. The molecule has 1 aromatic carbocycles. The predicted octanol–water partition coefficient (Wildman–Crippen LogP) is 3.82. The van der Waals surface area contributed by atoms with Gasteiger partial charge in [0.2, 0.25) is 0 Å². The van der Waals surface area contributed by atoms with Gasteiger partial charge in [0, 0.05) is 11.7 Å². The molecule has 1 aromatic rings. The highest BCUT2D eigenvalue weighted by molar-refractivity contribution is 7.80. The van der Waals surface area contributed by atoms with Gasteiger partial charge in [-0.25, -0.2) is 0 Å². The number of rotatable bonds is 1. The molecule has 1 atom stereocenters. The number of fused-ring (bicyclic) bond motifs is 2. The second-order valence-electron chi connectivity index (χ2n) is 4.20. The van der Waals surface area contributed by atoms with Crippen LogP contribution in [0.5, 0.6) is 0 Å². The van der Waals surface area contributed by atoms with Crippen molar-refractivity contribution in [2.75, 3.05) is 5.75 Å². The lowest BCUT2D eigenvalue weighted by Gasteiger charge is -2.15. The highest BCUT2D eigenvalue weighted by Gasteiger charge is 2.29. The monoisotopic (exact) mass is 214 g/mol. The first-order valence-electron chi connectivity index (χ1n) is 5.51. The number of hydrogen-bond acceptors (Lipinski definition) is 1. The predicted molar refractivity (Wildman–Crippen MR) is 68.3 cm³/mol. The summed E-state index contributed by atoms with van der Waals surface area (Å²) in [6, 6.07) is 8.76. The van der Waals surface area contributed by atoms with Gasteiger partial charge in [-0.05, 0) is 29.5 Å². The number of thiol groups is 1. The summed E-state index contributed by atoms with van der Waals surface area (Å²) in [5.41, 5.74) is 5.98. The van der Waals surface area contributed by atoms with E-state index in [0.29, 0.717) is 5.92 Å². The Morgan fingerprint density at radius 1 is 1.27 bits per heavy atom. The molecule has 0 spiro atoms. The lowest BCUT2D eigenvalue weighted by Crippen LogP contribution is -2.01. The van der Waals surface area contributed by atoms with Gasteiger partial charge in [0.05, 0.1) is 0 Å². The van der Waals surface area contributed by atoms with Gasteiger partial charge in [-0.2, -0.15) is 12.6 Å². The van der Waals surface area contributed by atoms with Crippen LogP contribution in [-0.2, 0) is 0 Å². The van der Waals surface area contributed by atoms with E-state index in [1.807, 2.05) is 0 Å². The van der Waals surface area contributed by atoms with Gasteiger partial charge in [-0.1, -0.05) is 42.0 Å². The van der Waals surface area contributed by atoms with E-state index in [9.17, 15) is 0 Å². The Morgan fingerprint density at radius 3 is 3.00 bits per heavy atom. The molecular weight excluding hydrogens is 200 g/mol. The smallest absolute Gasteiger partial charge is 0.0152 e. The summed E-state index contributed by atoms with van der Waals surface area (Å²) < 4.78 is 0. The van der Waals surface area contributed by atoms with Gasteiger partial charge >= 0.3 is 0 Å². The molecule has 1 unspecified atom stereocenters. The molecule has 0 fully saturated rings. The molecule has 0 nitrogen and oxygen atoms in total. The first kappa shape index (κ1) is 9.29. The largest absolute Gasteiger partial charge is 0.178 e. The molecule has 0 amide bonds. The number of allylic oxidation sites excluding steroid dienone is 4. The second-order valence-corrected chi connectivity index (χ2v) is 4.57. The average Bonchev–Trinajstić information content (AvgIpc) is 2.63. The van der Waals surface area contributed by atoms with Crippen molar-refractivity contribution >= 4 is 18.2 Å². The Balaban J connectivity index is 2.20. The lowest BCUT2D eigenvalue weighted by atomic mass is 9.92. The summed E-state index contributed by atoms with van der Waals surface area (Å²) in [5.74, 6) is 1.49. The quantitative estimate of drug-likeness (QED) is 0.675. The van der Waals surface area contributed by atoms with E-state index in [1.54, 1.807) is 5.57 Å². The van der Waals surface area contributed by atoms with Gasteiger partial charge in [0.1, 0.15) is 0 Å². The van der Waals surface area contributed by atoms with Crippen molar-refractivity contribution in [3.05, 3.63) is 53.1 Å². The van der Waals surface area contributed by atoms with Gasteiger partial charge in [-0.15, -0.1) is 0 Å². The minimum atomic E-state index is 0.560. The molecule has 0 heterocycles. The van der Waals surface area contributed by atoms with E-state index in [1.165, 1.54) is 29.5 Å². The molecule has 1 heteroatoms. The maximum absolute atomic E-state index is 4.50. The topological polar surface area (TPSA) is 0 Å². The molecule has 0 aromatic heterocycles. The maximum Gasteiger partial charge on any atom is 0.0152 e. The van der Waals surface area contributed by atoms with E-state index >= 15 is 0 Å². The van der Waals surface area contributed by atoms with Gasteiger partial charge in [-0.3, -0.25) is 0 Å². The highest BCUT2D eigenvalue weighted by Crippen LogP contribution is 2.46. The summed E-state index contributed by atoms with van der Waals surface area (Å²) in [7, 11) is 0. The van der Waals surface area contributed by atoms with E-state index in [-0.39, 0.29) is 0 Å². The molecular formula is C14H14S. The Labute approximate surface area is 96.1 Å². The van der Waals surface area contributed by atoms with Gasteiger partial charge < -0.3 is 0 Å². The Bertz CT molecular complexity index is 454. The molecule has 0 saturated carbocycles. The molecule has 0 N–H and O–H groups in total. The molecule has 0 radical (unpaired) electrons. The zero-order chi connectivity index (χ0) is 10.3. The molecule has 76 valence electrons. The molecule has 15 heavy (non-hydrogen) atoms. The second kappa shape index (κ2) is 3.57. The molecule has 0 aliphatic heterocycles. The standard InChI is InChI=1S/C14H14S/c15-9-14-12-7-3-1-5-10(12)11-6-2-4-8-13(11)14/h1-3,5-7,14-15H,4,8-9H2. The average molecular weight is 214 g/mol. The van der Waals surface area contributed by atoms with E-state index in [4.69, 9.17) is 0 Å². The molecule has 0 bridgehead atoms. The van der Waals surface area contributed by atoms with Crippen molar-refractivity contribution in [1.29, 1.82) is 0 Å². The third-order valence-corrected chi connectivity index (χ3v) is 3.81. The summed E-state index contributed by atoms with van der Waals surface area (Å²) >= 11 is 4.50. The van der Waals surface area contributed by atoms with Gasteiger partial charge in [0.15, 0.2) is 0 Å². The molecule has 2 aliphatic rings. The van der Waals surface area contributed by atoms with Crippen LogP contribution in [0.15, 0.2) is 42.0 Å². The molecule has 2 aliphatic carbocycles. The van der Waals surface area contributed by atoms with E-state index in [2.05, 4.69) is 49.0 Å². The number of benzene rings is 1. The summed E-state index contributed by atoms with van der Waals surface area (Å²) in [4.78, 5) is 0. The summed E-state index contributed by atoms with van der Waals surface area (Å²) in [6.45, 7) is 0. The van der Waals surface area contributed by atoms with Crippen LogP contribution in [0.25, 0.3) is 5.57 Å². The van der Waals surface area contributed by atoms with E-state index < -0.39 is 0 Å². The minimum Gasteiger partial charge on any atom is -0.178 e. The Hall–Kier alpha value is -0.950. The van der Waals surface area contributed by atoms with Crippen molar-refractivity contribution in [1.82, 2.24) is 0 Å². The lowest BCUT2D eigenvalue weighted by molar-refractivity contribution is 0.834. The van der Waals surface area contributed by atoms with Crippen LogP contribution in [-0.4, -0.2) is 5.75 Å². The van der Waals surface area contributed by atoms with Crippen LogP contribution < -0.4 is 0 Å². The maximum atomic E-state index is 4.50. The molecule has 0 saturated heterocycles.